The van der Waals surface area contributed by atoms with Gasteiger partial charge in [-0.3, -0.25) is 14.9 Å². The lowest BCUT2D eigenvalue weighted by atomic mass is 10.1. The molecule has 0 N–H and O–H groups in total. The lowest BCUT2D eigenvalue weighted by molar-refractivity contribution is -0.384. The number of fused-ring (bicyclic) bond motifs is 1. The fourth-order valence-electron chi connectivity index (χ4n) is 2.73. The number of carbonyl (C=O) groups excluding carboxylic acids is 1. The van der Waals surface area contributed by atoms with E-state index in [1.807, 2.05) is 31.2 Å². The van der Waals surface area contributed by atoms with E-state index in [1.54, 1.807) is 4.90 Å². The van der Waals surface area contributed by atoms with Gasteiger partial charge in [0.15, 0.2) is 0 Å². The number of hydrogen-bond donors (Lipinski definition) is 0. The molecule has 0 unspecified atom stereocenters. The molecule has 0 aromatic heterocycles. The van der Waals surface area contributed by atoms with Crippen molar-refractivity contribution in [3.8, 4) is 0 Å². The summed E-state index contributed by atoms with van der Waals surface area (Å²) in [5, 5.41) is 11.4. The third-order valence-corrected chi connectivity index (χ3v) is 4.61. The van der Waals surface area contributed by atoms with Crippen molar-refractivity contribution < 1.29 is 9.72 Å². The van der Waals surface area contributed by atoms with E-state index in [-0.39, 0.29) is 11.6 Å². The maximum Gasteiger partial charge on any atom is 0.269 e. The van der Waals surface area contributed by atoms with Crippen LogP contribution in [0.5, 0.6) is 0 Å². The van der Waals surface area contributed by atoms with E-state index < -0.39 is 4.92 Å². The normalized spacial score (nSPS) is 14.2. The maximum absolute atomic E-state index is 12.9. The Hall–Kier alpha value is -2.66. The molecule has 122 valence electrons. The van der Waals surface area contributed by atoms with E-state index in [0.29, 0.717) is 23.6 Å². The van der Waals surface area contributed by atoms with Gasteiger partial charge in [0.25, 0.3) is 11.6 Å². The SMILES string of the molecule is CC1=C(Cl)c2ccccc2N(C(=O)c2ccc([N+](=O)[O-])cc2)CC1. The van der Waals surface area contributed by atoms with Crippen molar-refractivity contribution in [3.05, 3.63) is 75.3 Å². The summed E-state index contributed by atoms with van der Waals surface area (Å²) in [4.78, 5) is 24.9. The summed E-state index contributed by atoms with van der Waals surface area (Å²) < 4.78 is 0. The van der Waals surface area contributed by atoms with Gasteiger partial charge in [-0.2, -0.15) is 0 Å². The number of carbonyl (C=O) groups is 1. The summed E-state index contributed by atoms with van der Waals surface area (Å²) in [7, 11) is 0. The van der Waals surface area contributed by atoms with Crippen LogP contribution in [0.4, 0.5) is 11.4 Å². The average molecular weight is 343 g/mol. The fourth-order valence-corrected chi connectivity index (χ4v) is 2.98. The smallest absolute Gasteiger partial charge is 0.269 e. The zero-order valence-corrected chi connectivity index (χ0v) is 13.8. The first kappa shape index (κ1) is 16.2. The van der Waals surface area contributed by atoms with Crippen molar-refractivity contribution in [2.75, 3.05) is 11.4 Å². The first-order chi connectivity index (χ1) is 11.5. The molecule has 5 nitrogen and oxygen atoms in total. The first-order valence-corrected chi connectivity index (χ1v) is 7.88. The molecule has 1 heterocycles. The monoisotopic (exact) mass is 342 g/mol. The van der Waals surface area contributed by atoms with E-state index in [2.05, 4.69) is 0 Å². The maximum atomic E-state index is 12.9. The summed E-state index contributed by atoms with van der Waals surface area (Å²) in [5.74, 6) is -0.198. The second kappa shape index (κ2) is 6.45. The summed E-state index contributed by atoms with van der Waals surface area (Å²) in [6, 6.07) is 13.1. The third kappa shape index (κ3) is 2.90. The van der Waals surface area contributed by atoms with Crippen LogP contribution in [0.2, 0.25) is 0 Å². The van der Waals surface area contributed by atoms with Gasteiger partial charge in [0, 0.05) is 34.8 Å². The average Bonchev–Trinajstić information content (AvgIpc) is 2.72. The van der Waals surface area contributed by atoms with Crippen LogP contribution in [0.1, 0.15) is 29.3 Å². The molecule has 0 aliphatic carbocycles. The quantitative estimate of drug-likeness (QED) is 0.591. The second-order valence-corrected chi connectivity index (χ2v) is 6.00. The molecular weight excluding hydrogens is 328 g/mol. The highest BCUT2D eigenvalue weighted by Crippen LogP contribution is 2.36. The molecule has 3 rings (SSSR count). The fraction of sp³-hybridized carbons (Fsp3) is 0.167. The van der Waals surface area contributed by atoms with Crippen molar-refractivity contribution in [1.29, 1.82) is 0 Å². The highest BCUT2D eigenvalue weighted by Gasteiger charge is 2.24. The van der Waals surface area contributed by atoms with E-state index in [9.17, 15) is 14.9 Å². The lowest BCUT2D eigenvalue weighted by Crippen LogP contribution is -2.32. The van der Waals surface area contributed by atoms with Gasteiger partial charge in [0.05, 0.1) is 10.6 Å². The second-order valence-electron chi connectivity index (χ2n) is 5.62. The summed E-state index contributed by atoms with van der Waals surface area (Å²) in [5.41, 5.74) is 2.98. The molecule has 1 aliphatic heterocycles. The highest BCUT2D eigenvalue weighted by molar-refractivity contribution is 6.50. The number of benzene rings is 2. The molecule has 0 saturated carbocycles. The molecule has 0 radical (unpaired) electrons. The number of non-ortho nitro benzene ring substituents is 1. The molecule has 1 amide bonds. The lowest BCUT2D eigenvalue weighted by Gasteiger charge is -2.23. The van der Waals surface area contributed by atoms with E-state index in [0.717, 1.165) is 16.8 Å². The van der Waals surface area contributed by atoms with Crippen LogP contribution in [-0.2, 0) is 0 Å². The van der Waals surface area contributed by atoms with Crippen molar-refractivity contribution in [3.63, 3.8) is 0 Å². The number of anilines is 1. The molecule has 0 saturated heterocycles. The molecule has 2 aromatic carbocycles. The Morgan fingerprint density at radius 2 is 1.83 bits per heavy atom. The Kier molecular flexibility index (Phi) is 4.36. The predicted octanol–water partition coefficient (Wildman–Crippen LogP) is 4.62. The van der Waals surface area contributed by atoms with E-state index in [4.69, 9.17) is 11.6 Å². The molecular formula is C18H15ClN2O3. The van der Waals surface area contributed by atoms with Crippen LogP contribution < -0.4 is 4.90 Å². The largest absolute Gasteiger partial charge is 0.307 e. The van der Waals surface area contributed by atoms with Gasteiger partial charge >= 0.3 is 0 Å². The molecule has 0 spiro atoms. The molecule has 0 atom stereocenters. The molecule has 1 aliphatic rings. The Morgan fingerprint density at radius 3 is 2.50 bits per heavy atom. The third-order valence-electron chi connectivity index (χ3n) is 4.09. The Labute approximate surface area is 144 Å². The van der Waals surface area contributed by atoms with E-state index >= 15 is 0 Å². The minimum Gasteiger partial charge on any atom is -0.307 e. The van der Waals surface area contributed by atoms with E-state index in [1.165, 1.54) is 24.3 Å². The van der Waals surface area contributed by atoms with Crippen LogP contribution in [0, 0.1) is 10.1 Å². The number of para-hydroxylation sites is 1. The Morgan fingerprint density at radius 1 is 1.17 bits per heavy atom. The van der Waals surface area contributed by atoms with Crippen LogP contribution in [0.15, 0.2) is 54.1 Å². The van der Waals surface area contributed by atoms with Gasteiger partial charge in [-0.25, -0.2) is 0 Å². The predicted molar refractivity (Wildman–Crippen MR) is 94.3 cm³/mol. The van der Waals surface area contributed by atoms with Gasteiger partial charge < -0.3 is 4.90 Å². The van der Waals surface area contributed by atoms with Crippen LogP contribution >= 0.6 is 11.6 Å². The van der Waals surface area contributed by atoms with Crippen LogP contribution in [0.25, 0.3) is 5.03 Å². The number of amides is 1. The molecule has 0 fully saturated rings. The van der Waals surface area contributed by atoms with Gasteiger partial charge in [-0.15, -0.1) is 0 Å². The van der Waals surface area contributed by atoms with Gasteiger partial charge in [0.1, 0.15) is 0 Å². The minimum atomic E-state index is -0.484. The van der Waals surface area contributed by atoms with Crippen LogP contribution in [0.3, 0.4) is 0 Å². The zero-order chi connectivity index (χ0) is 17.3. The topological polar surface area (TPSA) is 63.5 Å². The molecule has 2 aromatic rings. The summed E-state index contributed by atoms with van der Waals surface area (Å²) in [6.07, 6.45) is 0.673. The highest BCUT2D eigenvalue weighted by atomic mass is 35.5. The van der Waals surface area contributed by atoms with Gasteiger partial charge in [-0.05, 0) is 31.5 Å². The van der Waals surface area contributed by atoms with Crippen molar-refractivity contribution in [2.24, 2.45) is 0 Å². The number of hydrogen-bond acceptors (Lipinski definition) is 3. The first-order valence-electron chi connectivity index (χ1n) is 7.50. The number of halogens is 1. The number of nitrogens with zero attached hydrogens (tertiary/aromatic N) is 2. The standard InChI is InChI=1S/C18H15ClN2O3/c1-12-10-11-20(16-5-3-2-4-15(16)17(12)19)18(22)13-6-8-14(9-7-13)21(23)24/h2-9H,10-11H2,1H3. The minimum absolute atomic E-state index is 0.0385. The van der Waals surface area contributed by atoms with Crippen molar-refractivity contribution in [2.45, 2.75) is 13.3 Å². The molecule has 24 heavy (non-hydrogen) atoms. The number of nitro groups is 1. The van der Waals surface area contributed by atoms with Crippen molar-refractivity contribution >= 4 is 33.9 Å². The molecule has 0 bridgehead atoms. The number of rotatable bonds is 2. The van der Waals surface area contributed by atoms with Crippen molar-refractivity contribution in [1.82, 2.24) is 0 Å². The van der Waals surface area contributed by atoms with Crippen LogP contribution in [-0.4, -0.2) is 17.4 Å². The van der Waals surface area contributed by atoms with Gasteiger partial charge in [-0.1, -0.05) is 35.4 Å². The summed E-state index contributed by atoms with van der Waals surface area (Å²) >= 11 is 6.44. The number of nitro benzene ring substituents is 1. The Balaban J connectivity index is 1.99. The Bertz CT molecular complexity index is 844. The molecule has 6 heteroatoms. The summed E-state index contributed by atoms with van der Waals surface area (Å²) in [6.45, 7) is 2.47. The van der Waals surface area contributed by atoms with Gasteiger partial charge in [0.2, 0.25) is 0 Å². The zero-order valence-electron chi connectivity index (χ0n) is 13.0.